The van der Waals surface area contributed by atoms with Crippen molar-refractivity contribution in [3.8, 4) is 5.75 Å². The second-order valence-corrected chi connectivity index (χ2v) is 4.67. The van der Waals surface area contributed by atoms with Crippen molar-refractivity contribution in [2.45, 2.75) is 39.2 Å². The molecule has 0 aliphatic carbocycles. The molecule has 0 radical (unpaired) electrons. The summed E-state index contributed by atoms with van der Waals surface area (Å²) in [6.45, 7) is 6.87. The number of rotatable bonds is 5. The Labute approximate surface area is 103 Å². The second kappa shape index (κ2) is 5.65. The van der Waals surface area contributed by atoms with E-state index in [0.29, 0.717) is 6.54 Å². The van der Waals surface area contributed by atoms with E-state index in [1.807, 2.05) is 6.07 Å². The molecule has 0 aromatic heterocycles. The van der Waals surface area contributed by atoms with Gasteiger partial charge in [0.2, 0.25) is 6.08 Å². The predicted octanol–water partition coefficient (Wildman–Crippen LogP) is 3.22. The number of benzene rings is 1. The van der Waals surface area contributed by atoms with Gasteiger partial charge in [0.05, 0.1) is 13.7 Å². The highest BCUT2D eigenvalue weighted by Gasteiger charge is 2.19. The zero-order chi connectivity index (χ0) is 12.9. The van der Waals surface area contributed by atoms with Gasteiger partial charge in [0.15, 0.2) is 0 Å². The van der Waals surface area contributed by atoms with Gasteiger partial charge in [0, 0.05) is 5.56 Å². The van der Waals surface area contributed by atoms with Crippen LogP contribution in [0.3, 0.4) is 0 Å². The SMILES string of the molecule is CCC(C)(C)c1ccc(OC)c(CN=C=O)c1. The lowest BCUT2D eigenvalue weighted by Crippen LogP contribution is -2.15. The molecule has 1 rings (SSSR count). The first-order chi connectivity index (χ1) is 8.05. The van der Waals surface area contributed by atoms with E-state index in [1.165, 1.54) is 5.56 Å². The highest BCUT2D eigenvalue weighted by molar-refractivity contribution is 5.41. The number of hydrogen-bond acceptors (Lipinski definition) is 3. The molecule has 0 atom stereocenters. The van der Waals surface area contributed by atoms with E-state index in [9.17, 15) is 4.79 Å². The summed E-state index contributed by atoms with van der Waals surface area (Å²) in [5.41, 5.74) is 2.28. The molecule has 0 heterocycles. The van der Waals surface area contributed by atoms with Crippen molar-refractivity contribution in [1.82, 2.24) is 0 Å². The lowest BCUT2D eigenvalue weighted by Gasteiger charge is -2.24. The number of aliphatic imine (C=N–C) groups is 1. The molecule has 3 nitrogen and oxygen atoms in total. The molecule has 17 heavy (non-hydrogen) atoms. The summed E-state index contributed by atoms with van der Waals surface area (Å²) in [4.78, 5) is 13.8. The van der Waals surface area contributed by atoms with Crippen LogP contribution >= 0.6 is 0 Å². The van der Waals surface area contributed by atoms with E-state index >= 15 is 0 Å². The Morgan fingerprint density at radius 1 is 1.41 bits per heavy atom. The van der Waals surface area contributed by atoms with Crippen LogP contribution in [0, 0.1) is 0 Å². The van der Waals surface area contributed by atoms with Gasteiger partial charge in [0.1, 0.15) is 5.75 Å². The number of isocyanates is 1. The minimum absolute atomic E-state index is 0.117. The van der Waals surface area contributed by atoms with E-state index < -0.39 is 0 Å². The monoisotopic (exact) mass is 233 g/mol. The Hall–Kier alpha value is -1.60. The van der Waals surface area contributed by atoms with Crippen LogP contribution in [0.25, 0.3) is 0 Å². The maximum atomic E-state index is 10.2. The minimum atomic E-state index is 0.117. The first kappa shape index (κ1) is 13.5. The normalized spacial score (nSPS) is 10.8. The van der Waals surface area contributed by atoms with Crippen LogP contribution < -0.4 is 4.74 Å². The van der Waals surface area contributed by atoms with Crippen molar-refractivity contribution in [2.24, 2.45) is 4.99 Å². The summed E-state index contributed by atoms with van der Waals surface area (Å²) < 4.78 is 5.25. The van der Waals surface area contributed by atoms with Gasteiger partial charge in [-0.15, -0.1) is 0 Å². The molecular formula is C14H19NO2. The van der Waals surface area contributed by atoms with Gasteiger partial charge in [-0.05, 0) is 29.5 Å². The number of nitrogens with zero attached hydrogens (tertiary/aromatic N) is 1. The van der Waals surface area contributed by atoms with Crippen LogP contribution in [-0.4, -0.2) is 13.2 Å². The van der Waals surface area contributed by atoms with Crippen molar-refractivity contribution in [1.29, 1.82) is 0 Å². The second-order valence-electron chi connectivity index (χ2n) is 4.67. The smallest absolute Gasteiger partial charge is 0.235 e. The summed E-state index contributed by atoms with van der Waals surface area (Å²) in [6, 6.07) is 6.06. The molecule has 0 unspecified atom stereocenters. The molecule has 0 saturated carbocycles. The van der Waals surface area contributed by atoms with Crippen molar-refractivity contribution >= 4 is 6.08 Å². The molecular weight excluding hydrogens is 214 g/mol. The van der Waals surface area contributed by atoms with Crippen LogP contribution in [0.2, 0.25) is 0 Å². The molecule has 1 aromatic rings. The number of carbonyl (C=O) groups excluding carboxylic acids is 1. The van der Waals surface area contributed by atoms with Crippen molar-refractivity contribution in [2.75, 3.05) is 7.11 Å². The van der Waals surface area contributed by atoms with Crippen LogP contribution in [0.5, 0.6) is 5.75 Å². The summed E-state index contributed by atoms with van der Waals surface area (Å²) in [7, 11) is 1.62. The number of hydrogen-bond donors (Lipinski definition) is 0. The quantitative estimate of drug-likeness (QED) is 0.578. The molecule has 0 aliphatic rings. The van der Waals surface area contributed by atoms with Crippen LogP contribution in [0.15, 0.2) is 23.2 Å². The summed E-state index contributed by atoms with van der Waals surface area (Å²) in [6.07, 6.45) is 2.61. The highest BCUT2D eigenvalue weighted by atomic mass is 16.5. The van der Waals surface area contributed by atoms with Gasteiger partial charge in [-0.1, -0.05) is 26.8 Å². The van der Waals surface area contributed by atoms with E-state index in [-0.39, 0.29) is 5.41 Å². The highest BCUT2D eigenvalue weighted by Crippen LogP contribution is 2.30. The molecule has 1 aromatic carbocycles. The first-order valence-corrected chi connectivity index (χ1v) is 5.76. The third-order valence-corrected chi connectivity index (χ3v) is 3.26. The van der Waals surface area contributed by atoms with E-state index in [1.54, 1.807) is 13.2 Å². The Morgan fingerprint density at radius 3 is 2.65 bits per heavy atom. The first-order valence-electron chi connectivity index (χ1n) is 5.76. The summed E-state index contributed by atoms with van der Waals surface area (Å²) in [5, 5.41) is 0. The Kier molecular flexibility index (Phi) is 4.47. The third kappa shape index (κ3) is 3.18. The molecule has 0 saturated heterocycles. The molecule has 0 bridgehead atoms. The third-order valence-electron chi connectivity index (χ3n) is 3.26. The zero-order valence-electron chi connectivity index (χ0n) is 10.9. The average Bonchev–Trinajstić information content (AvgIpc) is 2.35. The largest absolute Gasteiger partial charge is 0.496 e. The van der Waals surface area contributed by atoms with Crippen molar-refractivity contribution in [3.63, 3.8) is 0 Å². The van der Waals surface area contributed by atoms with Gasteiger partial charge in [0.25, 0.3) is 0 Å². The maximum Gasteiger partial charge on any atom is 0.235 e. The van der Waals surface area contributed by atoms with E-state index in [4.69, 9.17) is 4.74 Å². The molecule has 0 N–H and O–H groups in total. The van der Waals surface area contributed by atoms with Crippen LogP contribution in [0.4, 0.5) is 0 Å². The van der Waals surface area contributed by atoms with Gasteiger partial charge in [-0.3, -0.25) is 0 Å². The summed E-state index contributed by atoms with van der Waals surface area (Å²) >= 11 is 0. The fourth-order valence-electron chi connectivity index (χ4n) is 1.64. The van der Waals surface area contributed by atoms with Gasteiger partial charge in [-0.25, -0.2) is 9.79 Å². The van der Waals surface area contributed by atoms with Gasteiger partial charge < -0.3 is 4.74 Å². The summed E-state index contributed by atoms with van der Waals surface area (Å²) in [5.74, 6) is 0.764. The molecule has 0 spiro atoms. The molecule has 0 aliphatic heterocycles. The Bertz CT molecular complexity index is 432. The van der Waals surface area contributed by atoms with Gasteiger partial charge in [-0.2, -0.15) is 0 Å². The topological polar surface area (TPSA) is 38.7 Å². The predicted molar refractivity (Wildman–Crippen MR) is 68.1 cm³/mol. The van der Waals surface area contributed by atoms with Crippen LogP contribution in [-0.2, 0) is 16.8 Å². The van der Waals surface area contributed by atoms with E-state index in [0.717, 1.165) is 17.7 Å². The fourth-order valence-corrected chi connectivity index (χ4v) is 1.64. The van der Waals surface area contributed by atoms with E-state index in [2.05, 4.69) is 37.9 Å². The fraction of sp³-hybridized carbons (Fsp3) is 0.500. The Morgan fingerprint density at radius 2 is 2.12 bits per heavy atom. The van der Waals surface area contributed by atoms with Gasteiger partial charge >= 0.3 is 0 Å². The molecule has 92 valence electrons. The Balaban J connectivity index is 3.16. The zero-order valence-corrected chi connectivity index (χ0v) is 10.9. The lowest BCUT2D eigenvalue weighted by atomic mass is 9.81. The minimum Gasteiger partial charge on any atom is -0.496 e. The lowest BCUT2D eigenvalue weighted by molar-refractivity contribution is 0.408. The molecule has 3 heteroatoms. The van der Waals surface area contributed by atoms with Crippen LogP contribution in [0.1, 0.15) is 38.3 Å². The maximum absolute atomic E-state index is 10.2. The van der Waals surface area contributed by atoms with Crippen molar-refractivity contribution < 1.29 is 9.53 Å². The van der Waals surface area contributed by atoms with Crippen molar-refractivity contribution in [3.05, 3.63) is 29.3 Å². The number of ether oxygens (including phenoxy) is 1. The molecule has 0 amide bonds. The standard InChI is InChI=1S/C14H19NO2/c1-5-14(2,3)12-6-7-13(17-4)11(8-12)9-15-10-16/h6-8H,5,9H2,1-4H3. The average molecular weight is 233 g/mol. The number of methoxy groups -OCH3 is 1. The molecule has 0 fully saturated rings.